The first kappa shape index (κ1) is 20.1. The summed E-state index contributed by atoms with van der Waals surface area (Å²) in [5, 5.41) is 3.29. The molecule has 1 aliphatic heterocycles. The standard InChI is InChI=1S/C22H14BF6N/c24-21(25,26)16-6-4-14(5-7-16)19-3-1-2-15-12-13-23(30-20(15)19)18-10-8-17(9-11-18)22(27,28)29/h1-13,30H. The molecule has 0 fully saturated rings. The van der Waals surface area contributed by atoms with E-state index in [4.69, 9.17) is 0 Å². The number of alkyl halides is 6. The lowest BCUT2D eigenvalue weighted by molar-refractivity contribution is -0.138. The van der Waals surface area contributed by atoms with Gasteiger partial charge in [-0.1, -0.05) is 72.1 Å². The molecule has 0 spiro atoms. The van der Waals surface area contributed by atoms with Gasteiger partial charge < -0.3 is 5.23 Å². The molecule has 3 aromatic carbocycles. The smallest absolute Gasteiger partial charge is 0.416 e. The Morgan fingerprint density at radius 3 is 1.80 bits per heavy atom. The Hall–Kier alpha value is -3.16. The van der Waals surface area contributed by atoms with Crippen LogP contribution in [0.15, 0.2) is 72.7 Å². The van der Waals surface area contributed by atoms with Crippen molar-refractivity contribution >= 4 is 24.1 Å². The SMILES string of the molecule is FC(F)(F)c1ccc(B2C=Cc3cccc(-c4ccc(C(F)(F)F)cc4)c3N2)cc1. The van der Waals surface area contributed by atoms with Crippen molar-refractivity contribution in [1.29, 1.82) is 0 Å². The monoisotopic (exact) mass is 417 g/mol. The van der Waals surface area contributed by atoms with Gasteiger partial charge in [0.1, 0.15) is 0 Å². The predicted molar refractivity (Wildman–Crippen MR) is 106 cm³/mol. The fraction of sp³-hybridized carbons (Fsp3) is 0.0909. The Morgan fingerprint density at radius 2 is 1.23 bits per heavy atom. The number of benzene rings is 3. The van der Waals surface area contributed by atoms with Crippen LogP contribution in [-0.4, -0.2) is 6.85 Å². The van der Waals surface area contributed by atoms with E-state index in [1.807, 2.05) is 18.1 Å². The lowest BCUT2D eigenvalue weighted by atomic mass is 9.54. The molecule has 1 heterocycles. The molecule has 8 heteroatoms. The highest BCUT2D eigenvalue weighted by Gasteiger charge is 2.31. The Balaban J connectivity index is 1.65. The molecule has 0 saturated heterocycles. The normalized spacial score (nSPS) is 13.7. The number of hydrogen-bond acceptors (Lipinski definition) is 1. The number of para-hydroxylation sites is 1. The molecule has 0 aromatic heterocycles. The molecular formula is C22H14BF6N. The summed E-state index contributed by atoms with van der Waals surface area (Å²) in [4.78, 5) is 0. The third-order valence-corrected chi connectivity index (χ3v) is 4.99. The second kappa shape index (κ2) is 7.27. The van der Waals surface area contributed by atoms with Crippen molar-refractivity contribution in [1.82, 2.24) is 0 Å². The zero-order valence-corrected chi connectivity index (χ0v) is 15.4. The molecule has 1 N–H and O–H groups in total. The third kappa shape index (κ3) is 3.94. The van der Waals surface area contributed by atoms with Crippen LogP contribution >= 0.6 is 0 Å². The Kier molecular flexibility index (Phi) is 4.88. The number of anilines is 1. The van der Waals surface area contributed by atoms with Crippen molar-refractivity contribution in [3.05, 3.63) is 89.4 Å². The second-order valence-corrected chi connectivity index (χ2v) is 6.95. The van der Waals surface area contributed by atoms with E-state index >= 15 is 0 Å². The van der Waals surface area contributed by atoms with Crippen molar-refractivity contribution in [3.8, 4) is 11.1 Å². The van der Waals surface area contributed by atoms with Gasteiger partial charge in [-0.25, -0.2) is 0 Å². The van der Waals surface area contributed by atoms with Crippen LogP contribution in [0.3, 0.4) is 0 Å². The van der Waals surface area contributed by atoms with Gasteiger partial charge in [-0.3, -0.25) is 0 Å². The zero-order chi connectivity index (χ0) is 21.5. The number of rotatable bonds is 2. The molecule has 1 aliphatic rings. The first-order chi connectivity index (χ1) is 14.1. The van der Waals surface area contributed by atoms with Gasteiger partial charge in [0.2, 0.25) is 0 Å². The van der Waals surface area contributed by atoms with Gasteiger partial charge in [-0.05, 0) is 23.3 Å². The maximum absolute atomic E-state index is 12.8. The number of hydrogen-bond donors (Lipinski definition) is 1. The minimum atomic E-state index is -4.41. The lowest BCUT2D eigenvalue weighted by Gasteiger charge is -2.23. The third-order valence-electron chi connectivity index (χ3n) is 4.99. The van der Waals surface area contributed by atoms with Gasteiger partial charge in [0.15, 0.2) is 0 Å². The first-order valence-electron chi connectivity index (χ1n) is 9.05. The van der Waals surface area contributed by atoms with Crippen LogP contribution in [0.2, 0.25) is 0 Å². The van der Waals surface area contributed by atoms with Crippen LogP contribution in [-0.2, 0) is 12.4 Å². The summed E-state index contributed by atoms with van der Waals surface area (Å²) in [6, 6.07) is 15.2. The summed E-state index contributed by atoms with van der Waals surface area (Å²) in [5.41, 5.74) is 2.06. The Morgan fingerprint density at radius 1 is 0.667 bits per heavy atom. The number of fused-ring (bicyclic) bond motifs is 1. The van der Waals surface area contributed by atoms with Crippen LogP contribution in [0.5, 0.6) is 0 Å². The van der Waals surface area contributed by atoms with Crippen LogP contribution < -0.4 is 10.7 Å². The quantitative estimate of drug-likeness (QED) is 0.383. The molecule has 4 rings (SSSR count). The van der Waals surface area contributed by atoms with E-state index in [2.05, 4.69) is 5.23 Å². The van der Waals surface area contributed by atoms with Gasteiger partial charge in [0.05, 0.1) is 11.1 Å². The summed E-state index contributed by atoms with van der Waals surface area (Å²) in [7, 11) is 0. The highest BCUT2D eigenvalue weighted by atomic mass is 19.4. The number of nitrogens with one attached hydrogen (secondary N) is 1. The largest absolute Gasteiger partial charge is 0.420 e. The van der Waals surface area contributed by atoms with Crippen molar-refractivity contribution in [2.45, 2.75) is 12.4 Å². The van der Waals surface area contributed by atoms with Crippen LogP contribution in [0, 0.1) is 0 Å². The van der Waals surface area contributed by atoms with Crippen molar-refractivity contribution < 1.29 is 26.3 Å². The molecule has 0 unspecified atom stereocenters. The van der Waals surface area contributed by atoms with E-state index in [-0.39, 0.29) is 6.85 Å². The minimum absolute atomic E-state index is 0.365. The lowest BCUT2D eigenvalue weighted by Crippen LogP contribution is -2.38. The molecule has 3 aromatic rings. The van der Waals surface area contributed by atoms with Gasteiger partial charge in [0, 0.05) is 11.3 Å². The molecule has 0 atom stereocenters. The molecule has 152 valence electrons. The minimum Gasteiger partial charge on any atom is -0.420 e. The highest BCUT2D eigenvalue weighted by molar-refractivity contribution is 6.81. The van der Waals surface area contributed by atoms with E-state index < -0.39 is 23.5 Å². The average molecular weight is 417 g/mol. The maximum atomic E-state index is 12.8. The molecule has 1 nitrogen and oxygen atoms in total. The molecule has 0 aliphatic carbocycles. The van der Waals surface area contributed by atoms with E-state index in [9.17, 15) is 26.3 Å². The van der Waals surface area contributed by atoms with Crippen molar-refractivity contribution in [2.24, 2.45) is 0 Å². The summed E-state index contributed by atoms with van der Waals surface area (Å²) in [6.45, 7) is -0.365. The second-order valence-electron chi connectivity index (χ2n) is 6.95. The molecule has 30 heavy (non-hydrogen) atoms. The predicted octanol–water partition coefficient (Wildman–Crippen LogP) is 6.27. The van der Waals surface area contributed by atoms with Crippen LogP contribution in [0.1, 0.15) is 16.7 Å². The number of halogens is 6. The summed E-state index contributed by atoms with van der Waals surface area (Å²) >= 11 is 0. The zero-order valence-electron chi connectivity index (χ0n) is 15.4. The van der Waals surface area contributed by atoms with Crippen molar-refractivity contribution in [2.75, 3.05) is 5.23 Å². The van der Waals surface area contributed by atoms with Gasteiger partial charge >= 0.3 is 19.2 Å². The highest BCUT2D eigenvalue weighted by Crippen LogP contribution is 2.36. The first-order valence-corrected chi connectivity index (χ1v) is 9.05. The summed E-state index contributed by atoms with van der Waals surface area (Å²) < 4.78 is 76.9. The van der Waals surface area contributed by atoms with Gasteiger partial charge in [-0.15, -0.1) is 0 Å². The van der Waals surface area contributed by atoms with Gasteiger partial charge in [-0.2, -0.15) is 26.3 Å². The molecule has 0 radical (unpaired) electrons. The van der Waals surface area contributed by atoms with Crippen LogP contribution in [0.25, 0.3) is 17.2 Å². The molecule has 0 bridgehead atoms. The fourth-order valence-electron chi connectivity index (χ4n) is 3.43. The van der Waals surface area contributed by atoms with Crippen molar-refractivity contribution in [3.63, 3.8) is 0 Å². The van der Waals surface area contributed by atoms with Crippen LogP contribution in [0.4, 0.5) is 32.0 Å². The average Bonchev–Trinajstić information content (AvgIpc) is 2.72. The van der Waals surface area contributed by atoms with E-state index in [0.717, 1.165) is 29.8 Å². The van der Waals surface area contributed by atoms with E-state index in [1.165, 1.54) is 24.3 Å². The maximum Gasteiger partial charge on any atom is 0.416 e. The molecule has 0 amide bonds. The topological polar surface area (TPSA) is 12.0 Å². The molecular weight excluding hydrogens is 403 g/mol. The summed E-state index contributed by atoms with van der Waals surface area (Å²) in [5.74, 6) is 1.83. The summed E-state index contributed by atoms with van der Waals surface area (Å²) in [6.07, 6.45) is -6.97. The Bertz CT molecular complexity index is 1080. The molecule has 0 saturated carbocycles. The Labute approximate surface area is 169 Å². The fourth-order valence-corrected chi connectivity index (χ4v) is 3.43. The van der Waals surface area contributed by atoms with Gasteiger partial charge in [0.25, 0.3) is 0 Å². The van der Waals surface area contributed by atoms with E-state index in [0.29, 0.717) is 22.3 Å². The van der Waals surface area contributed by atoms with E-state index in [1.54, 1.807) is 12.1 Å².